The average molecular weight is 262 g/mol. The van der Waals surface area contributed by atoms with Crippen LogP contribution in [0.1, 0.15) is 19.5 Å². The quantitative estimate of drug-likeness (QED) is 0.808. The van der Waals surface area contributed by atoms with Crippen molar-refractivity contribution in [3.05, 3.63) is 30.1 Å². The lowest BCUT2D eigenvalue weighted by Gasteiger charge is -2.42. The molecule has 1 aromatic rings. The van der Waals surface area contributed by atoms with Gasteiger partial charge < -0.3 is 5.32 Å². The van der Waals surface area contributed by atoms with Gasteiger partial charge in [0.15, 0.2) is 0 Å². The predicted octanol–water partition coefficient (Wildman–Crippen LogP) is 1.20. The molecule has 19 heavy (non-hydrogen) atoms. The number of pyridine rings is 1. The first-order valence-corrected chi connectivity index (χ1v) is 7.21. The molecule has 2 heterocycles. The number of nitrogens with zero attached hydrogens (tertiary/aromatic N) is 3. The van der Waals surface area contributed by atoms with Crippen LogP contribution in [0.15, 0.2) is 24.4 Å². The van der Waals surface area contributed by atoms with Crippen molar-refractivity contribution < 1.29 is 0 Å². The van der Waals surface area contributed by atoms with Gasteiger partial charge in [-0.2, -0.15) is 0 Å². The van der Waals surface area contributed by atoms with E-state index in [1.165, 1.54) is 13.1 Å². The van der Waals surface area contributed by atoms with E-state index in [-0.39, 0.29) is 0 Å². The van der Waals surface area contributed by atoms with Crippen LogP contribution in [0.2, 0.25) is 0 Å². The van der Waals surface area contributed by atoms with E-state index in [4.69, 9.17) is 0 Å². The number of nitrogens with one attached hydrogen (secondary N) is 1. The number of rotatable bonds is 5. The molecule has 2 atom stereocenters. The van der Waals surface area contributed by atoms with Crippen LogP contribution in [0.3, 0.4) is 0 Å². The van der Waals surface area contributed by atoms with Crippen LogP contribution < -0.4 is 5.32 Å². The van der Waals surface area contributed by atoms with Crippen molar-refractivity contribution >= 4 is 0 Å². The fourth-order valence-corrected chi connectivity index (χ4v) is 2.65. The third-order valence-corrected chi connectivity index (χ3v) is 4.07. The minimum absolute atomic E-state index is 0.652. The van der Waals surface area contributed by atoms with Crippen LogP contribution in [0.4, 0.5) is 0 Å². The first-order valence-electron chi connectivity index (χ1n) is 7.21. The van der Waals surface area contributed by atoms with E-state index in [0.717, 1.165) is 25.3 Å². The van der Waals surface area contributed by atoms with E-state index in [9.17, 15) is 0 Å². The normalized spacial score (nSPS) is 25.6. The van der Waals surface area contributed by atoms with Crippen molar-refractivity contribution in [2.45, 2.75) is 32.5 Å². The molecule has 1 fully saturated rings. The lowest BCUT2D eigenvalue weighted by atomic mass is 10.1. The highest BCUT2D eigenvalue weighted by Crippen LogP contribution is 2.12. The molecule has 0 amide bonds. The highest BCUT2D eigenvalue weighted by atomic mass is 15.3. The number of aromatic nitrogens is 1. The van der Waals surface area contributed by atoms with Crippen molar-refractivity contribution in [2.75, 3.05) is 33.2 Å². The Morgan fingerprint density at radius 1 is 1.26 bits per heavy atom. The molecule has 4 nitrogen and oxygen atoms in total. The van der Waals surface area contributed by atoms with Gasteiger partial charge in [-0.3, -0.25) is 14.8 Å². The molecule has 0 saturated carbocycles. The molecule has 1 saturated heterocycles. The largest absolute Gasteiger partial charge is 0.310 e. The molecule has 2 unspecified atom stereocenters. The summed E-state index contributed by atoms with van der Waals surface area (Å²) in [7, 11) is 2.23. The lowest BCUT2D eigenvalue weighted by Crippen LogP contribution is -2.55. The summed E-state index contributed by atoms with van der Waals surface area (Å²) in [6.45, 7) is 9.97. The van der Waals surface area contributed by atoms with Crippen LogP contribution in [-0.4, -0.2) is 60.1 Å². The second kappa shape index (κ2) is 6.98. The van der Waals surface area contributed by atoms with Crippen molar-refractivity contribution in [3.8, 4) is 0 Å². The molecule has 0 bridgehead atoms. The third kappa shape index (κ3) is 4.27. The van der Waals surface area contributed by atoms with Gasteiger partial charge in [0.1, 0.15) is 0 Å². The van der Waals surface area contributed by atoms with Crippen LogP contribution in [0.25, 0.3) is 0 Å². The van der Waals surface area contributed by atoms with Gasteiger partial charge >= 0.3 is 0 Å². The summed E-state index contributed by atoms with van der Waals surface area (Å²) >= 11 is 0. The fraction of sp³-hybridized carbons (Fsp3) is 0.667. The fourth-order valence-electron chi connectivity index (χ4n) is 2.65. The molecule has 1 aliphatic rings. The molecule has 1 aromatic heterocycles. The zero-order valence-electron chi connectivity index (χ0n) is 12.3. The molecule has 0 spiro atoms. The smallest absolute Gasteiger partial charge is 0.0541 e. The van der Waals surface area contributed by atoms with E-state index in [0.29, 0.717) is 12.1 Å². The first kappa shape index (κ1) is 14.4. The number of hydrogen-bond donors (Lipinski definition) is 1. The van der Waals surface area contributed by atoms with Gasteiger partial charge in [-0.25, -0.2) is 0 Å². The van der Waals surface area contributed by atoms with Crippen molar-refractivity contribution in [2.24, 2.45) is 0 Å². The van der Waals surface area contributed by atoms with Crippen LogP contribution in [-0.2, 0) is 6.54 Å². The zero-order valence-corrected chi connectivity index (χ0v) is 12.3. The maximum absolute atomic E-state index is 4.31. The van der Waals surface area contributed by atoms with Crippen molar-refractivity contribution in [3.63, 3.8) is 0 Å². The minimum atomic E-state index is 0.652. The Morgan fingerprint density at radius 2 is 2.00 bits per heavy atom. The number of hydrogen-bond acceptors (Lipinski definition) is 4. The van der Waals surface area contributed by atoms with Crippen LogP contribution in [0, 0.1) is 0 Å². The van der Waals surface area contributed by atoms with Gasteiger partial charge in [0, 0.05) is 51.0 Å². The molecular weight excluding hydrogens is 236 g/mol. The second-order valence-electron chi connectivity index (χ2n) is 5.62. The Kier molecular flexibility index (Phi) is 5.31. The van der Waals surface area contributed by atoms with Gasteiger partial charge in [0.25, 0.3) is 0 Å². The van der Waals surface area contributed by atoms with Gasteiger partial charge in [0.2, 0.25) is 0 Å². The molecule has 1 N–H and O–H groups in total. The molecule has 0 radical (unpaired) electrons. The Balaban J connectivity index is 1.66. The molecule has 0 aromatic carbocycles. The zero-order chi connectivity index (χ0) is 13.7. The SMILES string of the molecule is CC1CN(CCNCc2ccccn2)CC(C)N1C. The molecular formula is C15H26N4. The van der Waals surface area contributed by atoms with E-state index in [1.54, 1.807) is 0 Å². The summed E-state index contributed by atoms with van der Waals surface area (Å²) in [6, 6.07) is 7.36. The summed E-state index contributed by atoms with van der Waals surface area (Å²) in [4.78, 5) is 9.34. The topological polar surface area (TPSA) is 31.4 Å². The summed E-state index contributed by atoms with van der Waals surface area (Å²) in [5, 5.41) is 3.47. The molecule has 1 aliphatic heterocycles. The third-order valence-electron chi connectivity index (χ3n) is 4.07. The van der Waals surface area contributed by atoms with Crippen LogP contribution >= 0.6 is 0 Å². The van der Waals surface area contributed by atoms with E-state index >= 15 is 0 Å². The minimum Gasteiger partial charge on any atom is -0.310 e. The standard InChI is InChI=1S/C15H26N4/c1-13-11-19(12-14(2)18(13)3)9-8-16-10-15-6-4-5-7-17-15/h4-7,13-14,16H,8-12H2,1-3H3. The molecule has 106 valence electrons. The average Bonchev–Trinajstić information content (AvgIpc) is 2.42. The Labute approximate surface area is 116 Å². The lowest BCUT2D eigenvalue weighted by molar-refractivity contribution is 0.0607. The monoisotopic (exact) mass is 262 g/mol. The summed E-state index contributed by atoms with van der Waals surface area (Å²) in [6.07, 6.45) is 1.85. The van der Waals surface area contributed by atoms with Crippen molar-refractivity contribution in [1.82, 2.24) is 20.1 Å². The van der Waals surface area contributed by atoms with E-state index in [1.807, 2.05) is 18.3 Å². The van der Waals surface area contributed by atoms with Gasteiger partial charge in [-0.15, -0.1) is 0 Å². The Bertz CT molecular complexity index is 356. The maximum atomic E-state index is 4.31. The summed E-state index contributed by atoms with van der Waals surface area (Å²) < 4.78 is 0. The maximum Gasteiger partial charge on any atom is 0.0541 e. The van der Waals surface area contributed by atoms with E-state index in [2.05, 4.69) is 47.1 Å². The Hall–Kier alpha value is -0.970. The summed E-state index contributed by atoms with van der Waals surface area (Å²) in [5.74, 6) is 0. The highest BCUT2D eigenvalue weighted by molar-refractivity contribution is 5.02. The van der Waals surface area contributed by atoms with Crippen molar-refractivity contribution in [1.29, 1.82) is 0 Å². The van der Waals surface area contributed by atoms with Gasteiger partial charge in [0.05, 0.1) is 5.69 Å². The second-order valence-corrected chi connectivity index (χ2v) is 5.62. The Morgan fingerprint density at radius 3 is 2.63 bits per heavy atom. The highest BCUT2D eigenvalue weighted by Gasteiger charge is 2.25. The number of likely N-dealkylation sites (N-methyl/N-ethyl adjacent to an activating group) is 1. The predicted molar refractivity (Wildman–Crippen MR) is 79.1 cm³/mol. The molecule has 2 rings (SSSR count). The first-order chi connectivity index (χ1) is 9.16. The van der Waals surface area contributed by atoms with Gasteiger partial charge in [-0.05, 0) is 33.0 Å². The van der Waals surface area contributed by atoms with E-state index < -0.39 is 0 Å². The molecule has 0 aliphatic carbocycles. The molecule has 4 heteroatoms. The van der Waals surface area contributed by atoms with Crippen LogP contribution in [0.5, 0.6) is 0 Å². The summed E-state index contributed by atoms with van der Waals surface area (Å²) in [5.41, 5.74) is 1.11. The van der Waals surface area contributed by atoms with Gasteiger partial charge in [-0.1, -0.05) is 6.07 Å². The number of piperazine rings is 1.